The Labute approximate surface area is 167 Å². The quantitative estimate of drug-likeness (QED) is 0.582. The molecule has 1 aliphatic carbocycles. The SMILES string of the molecule is Cn1cc(-n2ncc3ccc(NC(=O)c4cccc(C#N)c4C4CC4)cc32)cn1. The monoisotopic (exact) mass is 382 g/mol. The normalized spacial score (nSPS) is 13.4. The first-order valence-corrected chi connectivity index (χ1v) is 9.45. The molecule has 29 heavy (non-hydrogen) atoms. The van der Waals surface area contributed by atoms with Gasteiger partial charge in [0.1, 0.15) is 5.69 Å². The molecule has 5 rings (SSSR count). The van der Waals surface area contributed by atoms with Crippen LogP contribution < -0.4 is 5.32 Å². The first-order valence-electron chi connectivity index (χ1n) is 9.45. The standard InChI is InChI=1S/C22H18N6O/c1-27-13-18(12-24-27)28-20-9-17(8-7-16(20)11-25-28)26-22(29)19-4-2-3-15(10-23)21(19)14-5-6-14/h2-4,7-9,11-14H,5-6H2,1H3,(H,26,29). The molecular formula is C22H18N6O. The molecule has 2 heterocycles. The molecule has 0 bridgehead atoms. The van der Waals surface area contributed by atoms with E-state index in [9.17, 15) is 10.1 Å². The number of rotatable bonds is 4. The van der Waals surface area contributed by atoms with Crippen molar-refractivity contribution in [1.29, 1.82) is 5.26 Å². The fraction of sp³-hybridized carbons (Fsp3) is 0.182. The van der Waals surface area contributed by atoms with Crippen LogP contribution in [0.5, 0.6) is 0 Å². The third-order valence-electron chi connectivity index (χ3n) is 5.22. The number of hydrogen-bond acceptors (Lipinski definition) is 4. The topological polar surface area (TPSA) is 88.5 Å². The van der Waals surface area contributed by atoms with Crippen molar-refractivity contribution in [3.63, 3.8) is 0 Å². The molecule has 0 aliphatic heterocycles. The van der Waals surface area contributed by atoms with Gasteiger partial charge in [-0.15, -0.1) is 0 Å². The average molecular weight is 382 g/mol. The Hall–Kier alpha value is -3.92. The zero-order chi connectivity index (χ0) is 20.0. The van der Waals surface area contributed by atoms with E-state index >= 15 is 0 Å². The zero-order valence-electron chi connectivity index (χ0n) is 15.8. The number of aryl methyl sites for hydroxylation is 1. The highest BCUT2D eigenvalue weighted by Gasteiger charge is 2.30. The van der Waals surface area contributed by atoms with Gasteiger partial charge < -0.3 is 5.32 Å². The molecule has 0 radical (unpaired) electrons. The van der Waals surface area contributed by atoms with Gasteiger partial charge in [-0.3, -0.25) is 9.48 Å². The first-order chi connectivity index (χ1) is 14.1. The van der Waals surface area contributed by atoms with Gasteiger partial charge in [0.2, 0.25) is 0 Å². The Morgan fingerprint density at radius 2 is 2.07 bits per heavy atom. The molecule has 1 N–H and O–H groups in total. The predicted octanol–water partition coefficient (Wildman–Crippen LogP) is 3.76. The van der Waals surface area contributed by atoms with Gasteiger partial charge in [-0.2, -0.15) is 15.5 Å². The number of fused-ring (bicyclic) bond motifs is 1. The van der Waals surface area contributed by atoms with Crippen LogP contribution in [0.3, 0.4) is 0 Å². The van der Waals surface area contributed by atoms with E-state index in [1.165, 1.54) is 0 Å². The van der Waals surface area contributed by atoms with Crippen LogP contribution in [0.15, 0.2) is 55.0 Å². The van der Waals surface area contributed by atoms with E-state index in [4.69, 9.17) is 0 Å². The molecule has 1 saturated carbocycles. The van der Waals surface area contributed by atoms with Crippen LogP contribution in [0.4, 0.5) is 5.69 Å². The zero-order valence-corrected chi connectivity index (χ0v) is 15.8. The predicted molar refractivity (Wildman–Crippen MR) is 109 cm³/mol. The molecule has 0 spiro atoms. The van der Waals surface area contributed by atoms with E-state index in [2.05, 4.69) is 21.6 Å². The summed E-state index contributed by atoms with van der Waals surface area (Å²) in [4.78, 5) is 13.0. The summed E-state index contributed by atoms with van der Waals surface area (Å²) in [7, 11) is 1.85. The number of nitrogens with one attached hydrogen (secondary N) is 1. The van der Waals surface area contributed by atoms with Crippen molar-refractivity contribution < 1.29 is 4.79 Å². The highest BCUT2D eigenvalue weighted by Crippen LogP contribution is 2.43. The lowest BCUT2D eigenvalue weighted by atomic mass is 9.97. The lowest BCUT2D eigenvalue weighted by Crippen LogP contribution is -2.15. The van der Waals surface area contributed by atoms with Crippen molar-refractivity contribution in [2.45, 2.75) is 18.8 Å². The molecule has 7 heteroatoms. The van der Waals surface area contributed by atoms with Crippen LogP contribution in [0.2, 0.25) is 0 Å². The Kier molecular flexibility index (Phi) is 3.91. The van der Waals surface area contributed by atoms with Gasteiger partial charge in [-0.05, 0) is 54.7 Å². The number of hydrogen-bond donors (Lipinski definition) is 1. The summed E-state index contributed by atoms with van der Waals surface area (Å²) < 4.78 is 3.51. The molecule has 7 nitrogen and oxygen atoms in total. The van der Waals surface area contributed by atoms with Crippen LogP contribution in [0, 0.1) is 11.3 Å². The number of carbonyl (C=O) groups is 1. The van der Waals surface area contributed by atoms with Gasteiger partial charge in [0, 0.05) is 23.7 Å². The summed E-state index contributed by atoms with van der Waals surface area (Å²) >= 11 is 0. The van der Waals surface area contributed by atoms with Crippen molar-refractivity contribution in [2.24, 2.45) is 7.05 Å². The summed E-state index contributed by atoms with van der Waals surface area (Å²) in [6.07, 6.45) is 7.46. The second-order valence-electron chi connectivity index (χ2n) is 7.31. The highest BCUT2D eigenvalue weighted by molar-refractivity contribution is 6.06. The molecular weight excluding hydrogens is 364 g/mol. The Morgan fingerprint density at radius 3 is 2.79 bits per heavy atom. The van der Waals surface area contributed by atoms with E-state index in [0.717, 1.165) is 35.0 Å². The summed E-state index contributed by atoms with van der Waals surface area (Å²) in [6.45, 7) is 0. The Balaban J connectivity index is 1.50. The summed E-state index contributed by atoms with van der Waals surface area (Å²) in [5, 5.41) is 22.0. The van der Waals surface area contributed by atoms with Gasteiger partial charge in [-0.25, -0.2) is 4.68 Å². The summed E-state index contributed by atoms with van der Waals surface area (Å²) in [6, 6.07) is 13.3. The smallest absolute Gasteiger partial charge is 0.255 e. The van der Waals surface area contributed by atoms with Gasteiger partial charge in [0.15, 0.2) is 0 Å². The minimum atomic E-state index is -0.198. The van der Waals surface area contributed by atoms with E-state index < -0.39 is 0 Å². The van der Waals surface area contributed by atoms with E-state index in [1.807, 2.05) is 31.4 Å². The molecule has 2 aromatic heterocycles. The molecule has 2 aromatic carbocycles. The summed E-state index contributed by atoms with van der Waals surface area (Å²) in [5.41, 5.74) is 4.44. The van der Waals surface area contributed by atoms with E-state index in [-0.39, 0.29) is 5.91 Å². The number of aromatic nitrogens is 4. The van der Waals surface area contributed by atoms with E-state index in [1.54, 1.807) is 40.0 Å². The van der Waals surface area contributed by atoms with Crippen molar-refractivity contribution in [1.82, 2.24) is 19.6 Å². The van der Waals surface area contributed by atoms with Crippen molar-refractivity contribution >= 4 is 22.5 Å². The molecule has 0 saturated heterocycles. The number of carbonyl (C=O) groups excluding carboxylic acids is 1. The lowest BCUT2D eigenvalue weighted by Gasteiger charge is -2.11. The second-order valence-corrected chi connectivity index (χ2v) is 7.31. The van der Waals surface area contributed by atoms with Crippen LogP contribution in [0.25, 0.3) is 16.6 Å². The molecule has 0 atom stereocenters. The summed E-state index contributed by atoms with van der Waals surface area (Å²) in [5.74, 6) is 0.108. The van der Waals surface area contributed by atoms with Crippen LogP contribution in [-0.4, -0.2) is 25.5 Å². The van der Waals surface area contributed by atoms with Gasteiger partial charge in [-0.1, -0.05) is 6.07 Å². The van der Waals surface area contributed by atoms with Crippen LogP contribution in [-0.2, 0) is 7.05 Å². The van der Waals surface area contributed by atoms with Crippen molar-refractivity contribution in [2.75, 3.05) is 5.32 Å². The number of nitrogens with zero attached hydrogens (tertiary/aromatic N) is 5. The number of benzene rings is 2. The second kappa shape index (κ2) is 6.60. The largest absolute Gasteiger partial charge is 0.322 e. The minimum Gasteiger partial charge on any atom is -0.322 e. The van der Waals surface area contributed by atoms with E-state index in [0.29, 0.717) is 22.7 Å². The maximum Gasteiger partial charge on any atom is 0.255 e. The number of amides is 1. The van der Waals surface area contributed by atoms with Crippen LogP contribution >= 0.6 is 0 Å². The molecule has 1 fully saturated rings. The molecule has 142 valence electrons. The molecule has 1 amide bonds. The number of nitriles is 1. The average Bonchev–Trinajstić information content (AvgIpc) is 3.35. The Morgan fingerprint density at radius 1 is 1.21 bits per heavy atom. The maximum atomic E-state index is 13.0. The third kappa shape index (κ3) is 3.05. The third-order valence-corrected chi connectivity index (χ3v) is 5.22. The van der Waals surface area contributed by atoms with Gasteiger partial charge >= 0.3 is 0 Å². The minimum absolute atomic E-state index is 0.198. The number of anilines is 1. The lowest BCUT2D eigenvalue weighted by molar-refractivity contribution is 0.102. The van der Waals surface area contributed by atoms with Gasteiger partial charge in [0.25, 0.3) is 5.91 Å². The fourth-order valence-corrected chi connectivity index (χ4v) is 3.69. The van der Waals surface area contributed by atoms with Crippen molar-refractivity contribution in [3.05, 3.63) is 71.7 Å². The fourth-order valence-electron chi connectivity index (χ4n) is 3.69. The Bertz CT molecular complexity index is 1290. The molecule has 4 aromatic rings. The van der Waals surface area contributed by atoms with Gasteiger partial charge in [0.05, 0.1) is 35.7 Å². The van der Waals surface area contributed by atoms with Crippen molar-refractivity contribution in [3.8, 4) is 11.8 Å². The molecule has 0 unspecified atom stereocenters. The van der Waals surface area contributed by atoms with Crippen LogP contribution in [0.1, 0.15) is 40.2 Å². The maximum absolute atomic E-state index is 13.0. The highest BCUT2D eigenvalue weighted by atomic mass is 16.1. The first kappa shape index (κ1) is 17.2. The molecule has 1 aliphatic rings.